The van der Waals surface area contributed by atoms with Crippen LogP contribution in [0.3, 0.4) is 0 Å². The lowest BCUT2D eigenvalue weighted by Gasteiger charge is -2.16. The maximum Gasteiger partial charge on any atom is 0.144 e. The number of aromatic nitrogens is 1. The SMILES string of the molecule is COCC(CNc1ncc(CNCC(C)C)cc1Cl)OC. The van der Waals surface area contributed by atoms with Crippen molar-refractivity contribution in [3.63, 3.8) is 0 Å². The number of ether oxygens (including phenoxy) is 2. The van der Waals surface area contributed by atoms with Crippen LogP contribution in [-0.4, -0.2) is 45.0 Å². The predicted octanol–water partition coefficient (Wildman–Crippen LogP) is 2.55. The van der Waals surface area contributed by atoms with E-state index in [0.717, 1.165) is 18.7 Å². The fourth-order valence-corrected chi connectivity index (χ4v) is 2.07. The van der Waals surface area contributed by atoms with Gasteiger partial charge in [0, 0.05) is 33.5 Å². The predicted molar refractivity (Wildman–Crippen MR) is 87.0 cm³/mol. The third-order valence-electron chi connectivity index (χ3n) is 2.96. The summed E-state index contributed by atoms with van der Waals surface area (Å²) < 4.78 is 10.4. The molecule has 1 aromatic rings. The zero-order chi connectivity index (χ0) is 15.7. The average molecular weight is 316 g/mol. The summed E-state index contributed by atoms with van der Waals surface area (Å²) >= 11 is 6.25. The topological polar surface area (TPSA) is 55.4 Å². The van der Waals surface area contributed by atoms with Crippen LogP contribution in [0.15, 0.2) is 12.3 Å². The highest BCUT2D eigenvalue weighted by Crippen LogP contribution is 2.20. The Balaban J connectivity index is 2.49. The number of halogens is 1. The summed E-state index contributed by atoms with van der Waals surface area (Å²) in [5.41, 5.74) is 1.08. The largest absolute Gasteiger partial charge is 0.382 e. The molecule has 0 saturated heterocycles. The van der Waals surface area contributed by atoms with Crippen LogP contribution in [0.1, 0.15) is 19.4 Å². The van der Waals surface area contributed by atoms with Gasteiger partial charge in [-0.1, -0.05) is 25.4 Å². The van der Waals surface area contributed by atoms with Crippen molar-refractivity contribution in [3.05, 3.63) is 22.8 Å². The summed E-state index contributed by atoms with van der Waals surface area (Å²) in [5, 5.41) is 7.17. The van der Waals surface area contributed by atoms with Crippen molar-refractivity contribution in [1.82, 2.24) is 10.3 Å². The number of methoxy groups -OCH3 is 2. The number of pyridine rings is 1. The van der Waals surface area contributed by atoms with Gasteiger partial charge in [-0.15, -0.1) is 0 Å². The first kappa shape index (κ1) is 18.2. The van der Waals surface area contributed by atoms with Gasteiger partial charge in [0.2, 0.25) is 0 Å². The Hall–Kier alpha value is -0.880. The van der Waals surface area contributed by atoms with Crippen molar-refractivity contribution in [2.75, 3.05) is 39.2 Å². The van der Waals surface area contributed by atoms with Gasteiger partial charge in [-0.25, -0.2) is 4.98 Å². The molecule has 5 nitrogen and oxygen atoms in total. The van der Waals surface area contributed by atoms with Crippen molar-refractivity contribution >= 4 is 17.4 Å². The first-order valence-electron chi connectivity index (χ1n) is 7.17. The van der Waals surface area contributed by atoms with Crippen molar-refractivity contribution in [2.45, 2.75) is 26.5 Å². The molecule has 0 aliphatic rings. The molecule has 0 fully saturated rings. The Morgan fingerprint density at radius 2 is 2.05 bits per heavy atom. The number of hydrogen-bond donors (Lipinski definition) is 2. The minimum Gasteiger partial charge on any atom is -0.382 e. The Morgan fingerprint density at radius 1 is 1.29 bits per heavy atom. The molecule has 0 aliphatic heterocycles. The molecule has 1 rings (SSSR count). The lowest BCUT2D eigenvalue weighted by atomic mass is 10.2. The summed E-state index contributed by atoms with van der Waals surface area (Å²) in [6, 6.07) is 1.93. The van der Waals surface area contributed by atoms with Crippen molar-refractivity contribution in [1.29, 1.82) is 0 Å². The molecule has 6 heteroatoms. The molecule has 0 aliphatic carbocycles. The smallest absolute Gasteiger partial charge is 0.144 e. The van der Waals surface area contributed by atoms with Crippen LogP contribution in [0.5, 0.6) is 0 Å². The maximum atomic E-state index is 6.25. The molecule has 1 aromatic heterocycles. The van der Waals surface area contributed by atoms with Gasteiger partial charge in [0.05, 0.1) is 17.7 Å². The highest BCUT2D eigenvalue weighted by molar-refractivity contribution is 6.32. The van der Waals surface area contributed by atoms with Crippen LogP contribution in [0.4, 0.5) is 5.82 Å². The van der Waals surface area contributed by atoms with E-state index in [4.69, 9.17) is 21.1 Å². The van der Waals surface area contributed by atoms with Gasteiger partial charge in [-0.2, -0.15) is 0 Å². The molecule has 0 bridgehead atoms. The number of nitrogens with one attached hydrogen (secondary N) is 2. The molecule has 1 heterocycles. The van der Waals surface area contributed by atoms with E-state index in [0.29, 0.717) is 29.9 Å². The van der Waals surface area contributed by atoms with Gasteiger partial charge >= 0.3 is 0 Å². The van der Waals surface area contributed by atoms with E-state index in [1.54, 1.807) is 14.2 Å². The number of nitrogens with zero attached hydrogens (tertiary/aromatic N) is 1. The van der Waals surface area contributed by atoms with Gasteiger partial charge in [-0.3, -0.25) is 0 Å². The monoisotopic (exact) mass is 315 g/mol. The highest BCUT2D eigenvalue weighted by atomic mass is 35.5. The fourth-order valence-electron chi connectivity index (χ4n) is 1.82. The molecule has 0 spiro atoms. The molecule has 0 radical (unpaired) electrons. The Morgan fingerprint density at radius 3 is 2.62 bits per heavy atom. The summed E-state index contributed by atoms with van der Waals surface area (Å²) in [7, 11) is 3.31. The second-order valence-corrected chi connectivity index (χ2v) is 5.80. The molecule has 120 valence electrons. The van der Waals surface area contributed by atoms with Crippen LogP contribution in [0.25, 0.3) is 0 Å². The van der Waals surface area contributed by atoms with Gasteiger partial charge in [0.25, 0.3) is 0 Å². The molecule has 21 heavy (non-hydrogen) atoms. The molecule has 0 amide bonds. The molecule has 1 unspecified atom stereocenters. The van der Waals surface area contributed by atoms with Crippen LogP contribution in [0.2, 0.25) is 5.02 Å². The minimum atomic E-state index is -0.0275. The van der Waals surface area contributed by atoms with Gasteiger partial charge in [-0.05, 0) is 24.1 Å². The van der Waals surface area contributed by atoms with Crippen molar-refractivity contribution in [2.24, 2.45) is 5.92 Å². The van der Waals surface area contributed by atoms with E-state index in [-0.39, 0.29) is 6.10 Å². The number of anilines is 1. The van der Waals surface area contributed by atoms with E-state index in [2.05, 4.69) is 29.5 Å². The number of rotatable bonds is 10. The quantitative estimate of drug-likeness (QED) is 0.695. The average Bonchev–Trinajstić information content (AvgIpc) is 2.44. The van der Waals surface area contributed by atoms with Crippen LogP contribution >= 0.6 is 11.6 Å². The Kier molecular flexibility index (Phi) is 8.61. The minimum absolute atomic E-state index is 0.0275. The van der Waals surface area contributed by atoms with E-state index >= 15 is 0 Å². The lowest BCUT2D eigenvalue weighted by molar-refractivity contribution is 0.0365. The highest BCUT2D eigenvalue weighted by Gasteiger charge is 2.09. The first-order chi connectivity index (χ1) is 10.1. The fraction of sp³-hybridized carbons (Fsp3) is 0.667. The van der Waals surface area contributed by atoms with Crippen LogP contribution in [0, 0.1) is 5.92 Å². The normalized spacial score (nSPS) is 12.7. The molecule has 2 N–H and O–H groups in total. The zero-order valence-electron chi connectivity index (χ0n) is 13.3. The third kappa shape index (κ3) is 7.09. The van der Waals surface area contributed by atoms with E-state index < -0.39 is 0 Å². The third-order valence-corrected chi connectivity index (χ3v) is 3.25. The molecular formula is C15H26ClN3O2. The van der Waals surface area contributed by atoms with Crippen LogP contribution in [-0.2, 0) is 16.0 Å². The standard InChI is InChI=1S/C15H26ClN3O2/c1-11(2)6-17-7-12-5-14(16)15(18-8-12)19-9-13(21-4)10-20-3/h5,8,11,13,17H,6-7,9-10H2,1-4H3,(H,18,19). The molecular weight excluding hydrogens is 290 g/mol. The van der Waals surface area contributed by atoms with E-state index in [1.165, 1.54) is 0 Å². The van der Waals surface area contributed by atoms with Crippen molar-refractivity contribution < 1.29 is 9.47 Å². The molecule has 1 atom stereocenters. The van der Waals surface area contributed by atoms with Gasteiger partial charge < -0.3 is 20.1 Å². The zero-order valence-corrected chi connectivity index (χ0v) is 14.0. The van der Waals surface area contributed by atoms with Gasteiger partial charge in [0.15, 0.2) is 0 Å². The first-order valence-corrected chi connectivity index (χ1v) is 7.55. The summed E-state index contributed by atoms with van der Waals surface area (Å²) in [6.45, 7) is 7.23. The Bertz CT molecular complexity index is 416. The molecule has 0 saturated carbocycles. The number of hydrogen-bond acceptors (Lipinski definition) is 5. The van der Waals surface area contributed by atoms with E-state index in [9.17, 15) is 0 Å². The van der Waals surface area contributed by atoms with Crippen LogP contribution < -0.4 is 10.6 Å². The lowest BCUT2D eigenvalue weighted by Crippen LogP contribution is -2.27. The summed E-state index contributed by atoms with van der Waals surface area (Å²) in [6.07, 6.45) is 1.81. The second-order valence-electron chi connectivity index (χ2n) is 5.39. The maximum absolute atomic E-state index is 6.25. The second kappa shape index (κ2) is 9.95. The van der Waals surface area contributed by atoms with E-state index in [1.807, 2.05) is 12.3 Å². The summed E-state index contributed by atoms with van der Waals surface area (Å²) in [5.74, 6) is 1.29. The Labute approximate surface area is 132 Å². The van der Waals surface area contributed by atoms with Crippen molar-refractivity contribution in [3.8, 4) is 0 Å². The molecule has 0 aromatic carbocycles. The van der Waals surface area contributed by atoms with Gasteiger partial charge in [0.1, 0.15) is 5.82 Å². The summed E-state index contributed by atoms with van der Waals surface area (Å²) in [4.78, 5) is 4.36.